The van der Waals surface area contributed by atoms with Gasteiger partial charge in [0.15, 0.2) is 0 Å². The number of carbonyl (C=O) groups excluding carboxylic acids is 1. The Morgan fingerprint density at radius 2 is 1.80 bits per heavy atom. The van der Waals surface area contributed by atoms with Gasteiger partial charge in [0.05, 0.1) is 23.3 Å². The predicted octanol–water partition coefficient (Wildman–Crippen LogP) is 3.17. The van der Waals surface area contributed by atoms with Crippen LogP contribution in [0.3, 0.4) is 0 Å². The average molecular weight is 427 g/mol. The Labute approximate surface area is 177 Å². The molecule has 1 saturated carbocycles. The summed E-state index contributed by atoms with van der Waals surface area (Å²) in [7, 11) is -3.54. The molecule has 0 unspecified atom stereocenters. The summed E-state index contributed by atoms with van der Waals surface area (Å²) in [4.78, 5) is 19.7. The monoisotopic (exact) mass is 426 g/mol. The second kappa shape index (κ2) is 8.20. The molecule has 1 aliphatic rings. The largest absolute Gasteiger partial charge is 0.330 e. The summed E-state index contributed by atoms with van der Waals surface area (Å²) in [6.07, 6.45) is 5.71. The summed E-state index contributed by atoms with van der Waals surface area (Å²) >= 11 is 0. The lowest BCUT2D eigenvalue weighted by Crippen LogP contribution is -2.33. The van der Waals surface area contributed by atoms with E-state index in [9.17, 15) is 13.2 Å². The van der Waals surface area contributed by atoms with E-state index in [0.29, 0.717) is 25.2 Å². The van der Waals surface area contributed by atoms with Gasteiger partial charge in [-0.15, -0.1) is 0 Å². The number of imidazole rings is 1. The normalized spacial score (nSPS) is 14.4. The molecule has 0 bridgehead atoms. The van der Waals surface area contributed by atoms with Crippen LogP contribution in [0.5, 0.6) is 0 Å². The summed E-state index contributed by atoms with van der Waals surface area (Å²) in [6.45, 7) is 4.91. The second-order valence-electron chi connectivity index (χ2n) is 7.46. The molecule has 0 aliphatic heterocycles. The number of pyridine rings is 1. The molecule has 7 nitrogen and oxygen atoms in total. The van der Waals surface area contributed by atoms with E-state index in [0.717, 1.165) is 24.2 Å². The molecule has 2 aromatic heterocycles. The first-order valence-corrected chi connectivity index (χ1v) is 11.7. The van der Waals surface area contributed by atoms with E-state index in [1.807, 2.05) is 47.5 Å². The maximum absolute atomic E-state index is 13.2. The van der Waals surface area contributed by atoms with Crippen LogP contribution < -0.4 is 0 Å². The fourth-order valence-electron chi connectivity index (χ4n) is 3.68. The van der Waals surface area contributed by atoms with Crippen molar-refractivity contribution in [3.05, 3.63) is 66.1 Å². The Bertz CT molecular complexity index is 1150. The number of amides is 1. The quantitative estimate of drug-likeness (QED) is 0.554. The van der Waals surface area contributed by atoms with Crippen molar-refractivity contribution in [2.24, 2.45) is 0 Å². The maximum atomic E-state index is 13.2. The highest BCUT2D eigenvalue weighted by Gasteiger charge is 2.34. The summed E-state index contributed by atoms with van der Waals surface area (Å²) in [5.74, 6) is -0.0878. The van der Waals surface area contributed by atoms with E-state index in [4.69, 9.17) is 0 Å². The van der Waals surface area contributed by atoms with Crippen LogP contribution in [0.4, 0.5) is 0 Å². The fraction of sp³-hybridized carbons (Fsp3) is 0.364. The van der Waals surface area contributed by atoms with Gasteiger partial charge in [-0.3, -0.25) is 4.79 Å². The SMILES string of the molecule is CCN(CC)S(=O)(=O)c1ccc(C(=O)N(Cc2cnc3ccccn23)C2CC2)cc1. The second-order valence-corrected chi connectivity index (χ2v) is 9.39. The zero-order valence-corrected chi connectivity index (χ0v) is 18.0. The molecule has 0 saturated heterocycles. The third-order valence-electron chi connectivity index (χ3n) is 5.52. The number of carbonyl (C=O) groups is 1. The molecular formula is C22H26N4O3S. The van der Waals surface area contributed by atoms with Gasteiger partial charge in [-0.05, 0) is 49.2 Å². The van der Waals surface area contributed by atoms with E-state index >= 15 is 0 Å². The third-order valence-corrected chi connectivity index (χ3v) is 7.58. The first-order chi connectivity index (χ1) is 14.5. The number of benzene rings is 1. The number of hydrogen-bond donors (Lipinski definition) is 0. The van der Waals surface area contributed by atoms with Gasteiger partial charge in [-0.2, -0.15) is 4.31 Å². The lowest BCUT2D eigenvalue weighted by atomic mass is 10.2. The van der Waals surface area contributed by atoms with Crippen molar-refractivity contribution in [3.8, 4) is 0 Å². The van der Waals surface area contributed by atoms with E-state index in [-0.39, 0.29) is 16.8 Å². The van der Waals surface area contributed by atoms with Gasteiger partial charge < -0.3 is 9.30 Å². The summed E-state index contributed by atoms with van der Waals surface area (Å²) < 4.78 is 28.8. The zero-order chi connectivity index (χ0) is 21.3. The van der Waals surface area contributed by atoms with E-state index in [1.54, 1.807) is 18.3 Å². The minimum atomic E-state index is -3.54. The molecule has 30 heavy (non-hydrogen) atoms. The average Bonchev–Trinajstić information content (AvgIpc) is 3.52. The minimum Gasteiger partial charge on any atom is -0.330 e. The van der Waals surface area contributed by atoms with Crippen molar-refractivity contribution in [3.63, 3.8) is 0 Å². The van der Waals surface area contributed by atoms with E-state index in [1.165, 1.54) is 16.4 Å². The highest BCUT2D eigenvalue weighted by Crippen LogP contribution is 2.30. The van der Waals surface area contributed by atoms with Crippen LogP contribution in [0.15, 0.2) is 59.8 Å². The Morgan fingerprint density at radius 3 is 2.43 bits per heavy atom. The molecular weight excluding hydrogens is 400 g/mol. The number of rotatable bonds is 8. The van der Waals surface area contributed by atoms with Gasteiger partial charge in [0, 0.05) is 30.9 Å². The van der Waals surface area contributed by atoms with Gasteiger partial charge in [0.1, 0.15) is 5.65 Å². The standard InChI is InChI=1S/C22H26N4O3S/c1-3-24(4-2)30(28,29)20-12-8-17(9-13-20)22(27)26(18-10-11-18)16-19-15-23-21-7-5-6-14-25(19)21/h5-9,12-15,18H,3-4,10-11,16H2,1-2H3. The van der Waals surface area contributed by atoms with Crippen LogP contribution in [0, 0.1) is 0 Å². The van der Waals surface area contributed by atoms with Crippen LogP contribution in [-0.4, -0.2) is 52.0 Å². The molecule has 2 heterocycles. The van der Waals surface area contributed by atoms with Gasteiger partial charge >= 0.3 is 0 Å². The number of sulfonamides is 1. The summed E-state index contributed by atoms with van der Waals surface area (Å²) in [5.41, 5.74) is 2.29. The predicted molar refractivity (Wildman–Crippen MR) is 115 cm³/mol. The highest BCUT2D eigenvalue weighted by atomic mass is 32.2. The molecule has 4 rings (SSSR count). The number of nitrogens with zero attached hydrogens (tertiary/aromatic N) is 4. The molecule has 0 atom stereocenters. The first kappa shape index (κ1) is 20.6. The van der Waals surface area contributed by atoms with Crippen LogP contribution >= 0.6 is 0 Å². The molecule has 3 aromatic rings. The Hall–Kier alpha value is -2.71. The van der Waals surface area contributed by atoms with Crippen LogP contribution in [0.25, 0.3) is 5.65 Å². The molecule has 0 N–H and O–H groups in total. The maximum Gasteiger partial charge on any atom is 0.254 e. The lowest BCUT2D eigenvalue weighted by molar-refractivity contribution is 0.0727. The van der Waals surface area contributed by atoms with Crippen LogP contribution in [-0.2, 0) is 16.6 Å². The molecule has 0 radical (unpaired) electrons. The first-order valence-electron chi connectivity index (χ1n) is 10.3. The Balaban J connectivity index is 1.57. The zero-order valence-electron chi connectivity index (χ0n) is 17.2. The summed E-state index contributed by atoms with van der Waals surface area (Å²) in [5, 5.41) is 0. The fourth-order valence-corrected chi connectivity index (χ4v) is 5.14. The van der Waals surface area contributed by atoms with Crippen molar-refractivity contribution in [1.29, 1.82) is 0 Å². The van der Waals surface area contributed by atoms with Gasteiger partial charge in [0.25, 0.3) is 5.91 Å². The van der Waals surface area contributed by atoms with Crippen molar-refractivity contribution in [2.75, 3.05) is 13.1 Å². The molecule has 158 valence electrons. The number of aromatic nitrogens is 2. The van der Waals surface area contributed by atoms with E-state index < -0.39 is 10.0 Å². The molecule has 1 fully saturated rings. The highest BCUT2D eigenvalue weighted by molar-refractivity contribution is 7.89. The van der Waals surface area contributed by atoms with Gasteiger partial charge in [-0.25, -0.2) is 13.4 Å². The molecule has 1 aliphatic carbocycles. The van der Waals surface area contributed by atoms with Crippen molar-refractivity contribution < 1.29 is 13.2 Å². The van der Waals surface area contributed by atoms with Crippen molar-refractivity contribution >= 4 is 21.6 Å². The Morgan fingerprint density at radius 1 is 1.10 bits per heavy atom. The summed E-state index contributed by atoms with van der Waals surface area (Å²) in [6, 6.07) is 12.3. The van der Waals surface area contributed by atoms with Crippen molar-refractivity contribution in [2.45, 2.75) is 44.2 Å². The topological polar surface area (TPSA) is 75.0 Å². The minimum absolute atomic E-state index is 0.0878. The lowest BCUT2D eigenvalue weighted by Gasteiger charge is -2.23. The molecule has 1 amide bonds. The van der Waals surface area contributed by atoms with E-state index in [2.05, 4.69) is 4.98 Å². The van der Waals surface area contributed by atoms with Crippen LogP contribution in [0.1, 0.15) is 42.7 Å². The molecule has 1 aromatic carbocycles. The smallest absolute Gasteiger partial charge is 0.254 e. The van der Waals surface area contributed by atoms with Crippen molar-refractivity contribution in [1.82, 2.24) is 18.6 Å². The van der Waals surface area contributed by atoms with Crippen LogP contribution in [0.2, 0.25) is 0 Å². The van der Waals surface area contributed by atoms with Gasteiger partial charge in [0.2, 0.25) is 10.0 Å². The Kier molecular flexibility index (Phi) is 5.62. The third kappa shape index (κ3) is 3.85. The molecule has 0 spiro atoms. The van der Waals surface area contributed by atoms with Gasteiger partial charge in [-0.1, -0.05) is 19.9 Å². The number of fused-ring (bicyclic) bond motifs is 1. The number of hydrogen-bond acceptors (Lipinski definition) is 4. The molecule has 8 heteroatoms.